The van der Waals surface area contributed by atoms with Crippen molar-refractivity contribution in [1.29, 1.82) is 0 Å². The van der Waals surface area contributed by atoms with E-state index in [0.717, 1.165) is 22.3 Å². The van der Waals surface area contributed by atoms with E-state index in [0.29, 0.717) is 43.5 Å². The topological polar surface area (TPSA) is 67.8 Å². The van der Waals surface area contributed by atoms with Crippen LogP contribution in [0.3, 0.4) is 0 Å². The maximum absolute atomic E-state index is 13.1. The Labute approximate surface area is 197 Å². The lowest BCUT2D eigenvalue weighted by molar-refractivity contribution is -0.141. The van der Waals surface area contributed by atoms with Gasteiger partial charge >= 0.3 is 0 Å². The zero-order chi connectivity index (χ0) is 22.9. The zero-order valence-corrected chi connectivity index (χ0v) is 18.6. The van der Waals surface area contributed by atoms with E-state index < -0.39 is 6.10 Å². The largest absolute Gasteiger partial charge is 0.485 e. The molecule has 0 N–H and O–H groups in total. The third-order valence-corrected chi connectivity index (χ3v) is 6.29. The van der Waals surface area contributed by atoms with Gasteiger partial charge in [-0.05, 0) is 24.3 Å². The number of carbonyl (C=O) groups is 1. The van der Waals surface area contributed by atoms with Crippen molar-refractivity contribution in [2.24, 2.45) is 0 Å². The minimum atomic E-state index is -0.619. The van der Waals surface area contributed by atoms with Gasteiger partial charge in [0, 0.05) is 37.1 Å². The van der Waals surface area contributed by atoms with Gasteiger partial charge in [0.2, 0.25) is 6.10 Å². The summed E-state index contributed by atoms with van der Waals surface area (Å²) in [5.74, 6) is 2.88. The first-order valence-electron chi connectivity index (χ1n) is 11.5. The molecular formula is C27H24N4O3. The molecule has 170 valence electrons. The van der Waals surface area contributed by atoms with Crippen molar-refractivity contribution in [2.75, 3.05) is 37.7 Å². The van der Waals surface area contributed by atoms with Gasteiger partial charge < -0.3 is 19.3 Å². The first-order chi connectivity index (χ1) is 16.8. The van der Waals surface area contributed by atoms with Crippen LogP contribution in [0.1, 0.15) is 0 Å². The average Bonchev–Trinajstić information content (AvgIpc) is 2.92. The van der Waals surface area contributed by atoms with Gasteiger partial charge in [0.15, 0.2) is 17.3 Å². The summed E-state index contributed by atoms with van der Waals surface area (Å²) in [6.45, 7) is 2.79. The molecule has 7 nitrogen and oxygen atoms in total. The smallest absolute Gasteiger partial charge is 0.267 e. The van der Waals surface area contributed by atoms with Gasteiger partial charge in [-0.2, -0.15) is 0 Å². The fourth-order valence-corrected chi connectivity index (χ4v) is 4.50. The molecule has 6 rings (SSSR count). The lowest BCUT2D eigenvalue weighted by atomic mass is 10.1. The monoisotopic (exact) mass is 452 g/mol. The Kier molecular flexibility index (Phi) is 5.22. The van der Waals surface area contributed by atoms with Gasteiger partial charge in [-0.3, -0.25) is 4.79 Å². The lowest BCUT2D eigenvalue weighted by Gasteiger charge is -2.38. The molecule has 0 aliphatic carbocycles. The standard InChI is InChI=1S/C27H24N4O3/c32-27(24-18-33-22-12-6-7-13-23(22)34-24)31-16-14-30(15-17-31)26-20-10-4-5-11-21(20)28-25(29-26)19-8-2-1-3-9-19/h1-13,24H,14-18H2/t24-/m1/s1. The van der Waals surface area contributed by atoms with Gasteiger partial charge in [0.1, 0.15) is 12.4 Å². The SMILES string of the molecule is O=C([C@H]1COc2ccccc2O1)N1CCN(c2nc(-c3ccccc3)nc3ccccc23)CC1. The van der Waals surface area contributed by atoms with Gasteiger partial charge in [-0.1, -0.05) is 54.6 Å². The van der Waals surface area contributed by atoms with Crippen LogP contribution in [0.15, 0.2) is 78.9 Å². The molecule has 1 fully saturated rings. The Morgan fingerprint density at radius 3 is 2.32 bits per heavy atom. The lowest BCUT2D eigenvalue weighted by Crippen LogP contribution is -2.54. The second-order valence-electron chi connectivity index (χ2n) is 8.43. The van der Waals surface area contributed by atoms with Crippen molar-refractivity contribution in [3.05, 3.63) is 78.9 Å². The van der Waals surface area contributed by atoms with Crippen LogP contribution in [0.5, 0.6) is 11.5 Å². The number of hydrogen-bond donors (Lipinski definition) is 0. The summed E-state index contributed by atoms with van der Waals surface area (Å²) in [5.41, 5.74) is 1.90. The molecule has 0 spiro atoms. The van der Waals surface area contributed by atoms with Crippen molar-refractivity contribution in [1.82, 2.24) is 14.9 Å². The summed E-state index contributed by atoms with van der Waals surface area (Å²) in [6.07, 6.45) is -0.619. The first-order valence-corrected chi connectivity index (χ1v) is 11.5. The van der Waals surface area contributed by atoms with Crippen molar-refractivity contribution >= 4 is 22.6 Å². The molecule has 2 aliphatic heterocycles. The first kappa shape index (κ1) is 20.5. The fraction of sp³-hybridized carbons (Fsp3) is 0.222. The van der Waals surface area contributed by atoms with Crippen LogP contribution >= 0.6 is 0 Å². The van der Waals surface area contributed by atoms with Gasteiger partial charge in [0.25, 0.3) is 5.91 Å². The van der Waals surface area contributed by atoms with Gasteiger partial charge in [-0.15, -0.1) is 0 Å². The normalized spacial score (nSPS) is 17.6. The van der Waals surface area contributed by atoms with Crippen LogP contribution in [-0.4, -0.2) is 59.7 Å². The van der Waals surface area contributed by atoms with Gasteiger partial charge in [0.05, 0.1) is 5.52 Å². The third kappa shape index (κ3) is 3.79. The van der Waals surface area contributed by atoms with Crippen LogP contribution in [-0.2, 0) is 4.79 Å². The Hall–Kier alpha value is -4.13. The van der Waals surface area contributed by atoms with Crippen LogP contribution in [0, 0.1) is 0 Å². The third-order valence-electron chi connectivity index (χ3n) is 6.29. The number of hydrogen-bond acceptors (Lipinski definition) is 6. The second kappa shape index (κ2) is 8.67. The molecule has 1 saturated heterocycles. The Bertz CT molecular complexity index is 1340. The van der Waals surface area contributed by atoms with E-state index in [-0.39, 0.29) is 12.5 Å². The predicted molar refractivity (Wildman–Crippen MR) is 130 cm³/mol. The molecule has 7 heteroatoms. The maximum atomic E-state index is 13.1. The Balaban J connectivity index is 1.21. The number of fused-ring (bicyclic) bond motifs is 2. The number of nitrogens with zero attached hydrogens (tertiary/aromatic N) is 4. The summed E-state index contributed by atoms with van der Waals surface area (Å²) in [6, 6.07) is 25.6. The summed E-state index contributed by atoms with van der Waals surface area (Å²) in [7, 11) is 0. The molecule has 2 aliphatic rings. The van der Waals surface area contributed by atoms with Crippen molar-refractivity contribution in [3.63, 3.8) is 0 Å². The van der Waals surface area contributed by atoms with Crippen LogP contribution in [0.2, 0.25) is 0 Å². The molecule has 1 amide bonds. The number of para-hydroxylation sites is 3. The number of benzene rings is 3. The van der Waals surface area contributed by atoms with E-state index in [2.05, 4.69) is 11.0 Å². The van der Waals surface area contributed by atoms with Crippen LogP contribution < -0.4 is 14.4 Å². The molecule has 34 heavy (non-hydrogen) atoms. The highest BCUT2D eigenvalue weighted by Gasteiger charge is 2.33. The molecule has 3 aromatic carbocycles. The van der Waals surface area contributed by atoms with E-state index in [9.17, 15) is 4.79 Å². The summed E-state index contributed by atoms with van der Waals surface area (Å²) >= 11 is 0. The summed E-state index contributed by atoms with van der Waals surface area (Å²) in [4.78, 5) is 27.0. The highest BCUT2D eigenvalue weighted by Crippen LogP contribution is 2.32. The molecule has 3 heterocycles. The molecule has 1 aromatic heterocycles. The number of rotatable bonds is 3. The number of ether oxygens (including phenoxy) is 2. The molecule has 4 aromatic rings. The number of aromatic nitrogens is 2. The van der Waals surface area contributed by atoms with E-state index in [4.69, 9.17) is 19.4 Å². The minimum Gasteiger partial charge on any atom is -0.485 e. The summed E-state index contributed by atoms with van der Waals surface area (Å²) in [5, 5.41) is 1.02. The molecule has 0 saturated carbocycles. The maximum Gasteiger partial charge on any atom is 0.267 e. The van der Waals surface area contributed by atoms with Crippen molar-refractivity contribution < 1.29 is 14.3 Å². The quantitative estimate of drug-likeness (QED) is 0.471. The van der Waals surface area contributed by atoms with Crippen molar-refractivity contribution in [2.45, 2.75) is 6.10 Å². The highest BCUT2D eigenvalue weighted by atomic mass is 16.6. The van der Waals surface area contributed by atoms with Gasteiger partial charge in [-0.25, -0.2) is 9.97 Å². The van der Waals surface area contributed by atoms with Crippen molar-refractivity contribution in [3.8, 4) is 22.9 Å². The second-order valence-corrected chi connectivity index (χ2v) is 8.43. The molecule has 0 bridgehead atoms. The number of carbonyl (C=O) groups excluding carboxylic acids is 1. The van der Waals surface area contributed by atoms with E-state index in [1.807, 2.05) is 77.7 Å². The Morgan fingerprint density at radius 1 is 0.794 bits per heavy atom. The number of amides is 1. The molecular weight excluding hydrogens is 428 g/mol. The Morgan fingerprint density at radius 2 is 1.50 bits per heavy atom. The molecule has 1 atom stereocenters. The van der Waals surface area contributed by atoms with Crippen LogP contribution in [0.25, 0.3) is 22.3 Å². The van der Waals surface area contributed by atoms with E-state index in [1.54, 1.807) is 0 Å². The summed E-state index contributed by atoms with van der Waals surface area (Å²) < 4.78 is 11.7. The average molecular weight is 453 g/mol. The highest BCUT2D eigenvalue weighted by molar-refractivity contribution is 5.91. The fourth-order valence-electron chi connectivity index (χ4n) is 4.50. The number of piperazine rings is 1. The predicted octanol–water partition coefficient (Wildman–Crippen LogP) is 3.79. The molecule has 0 radical (unpaired) electrons. The number of anilines is 1. The van der Waals surface area contributed by atoms with Crippen LogP contribution in [0.4, 0.5) is 5.82 Å². The zero-order valence-electron chi connectivity index (χ0n) is 18.6. The van der Waals surface area contributed by atoms with E-state index in [1.165, 1.54) is 0 Å². The minimum absolute atomic E-state index is 0.0355. The molecule has 0 unspecified atom stereocenters. The van der Waals surface area contributed by atoms with E-state index >= 15 is 0 Å².